The van der Waals surface area contributed by atoms with E-state index in [1.165, 1.54) is 12.3 Å². The van der Waals surface area contributed by atoms with E-state index in [9.17, 15) is 9.50 Å². The number of ether oxygens (including phenoxy) is 1. The van der Waals surface area contributed by atoms with E-state index in [2.05, 4.69) is 4.98 Å². The molecular formula is C14H12FNO2S. The van der Waals surface area contributed by atoms with Crippen molar-refractivity contribution in [2.45, 2.75) is 17.1 Å². The van der Waals surface area contributed by atoms with Gasteiger partial charge < -0.3 is 9.84 Å². The molecule has 1 N–H and O–H groups in total. The van der Waals surface area contributed by atoms with Crippen LogP contribution >= 0.6 is 11.8 Å². The van der Waals surface area contributed by atoms with Crippen molar-refractivity contribution in [1.82, 2.24) is 4.98 Å². The molecule has 2 aromatic rings. The van der Waals surface area contributed by atoms with Crippen LogP contribution in [0.4, 0.5) is 4.39 Å². The standard InChI is InChI=1S/C14H12FNO2S/c15-10-5-9(6-16-7-10)14(17)12-8-19-13-4-2-1-3-11(13)18-12/h1-7,12,14,17H,8H2. The second-order valence-electron chi connectivity index (χ2n) is 4.30. The zero-order valence-corrected chi connectivity index (χ0v) is 10.8. The van der Waals surface area contributed by atoms with Gasteiger partial charge in [0, 0.05) is 22.4 Å². The molecular weight excluding hydrogens is 265 g/mol. The van der Waals surface area contributed by atoms with E-state index in [4.69, 9.17) is 4.74 Å². The Morgan fingerprint density at radius 2 is 2.21 bits per heavy atom. The number of aromatic nitrogens is 1. The van der Waals surface area contributed by atoms with Gasteiger partial charge in [0.25, 0.3) is 0 Å². The molecule has 2 unspecified atom stereocenters. The third-order valence-corrected chi connectivity index (χ3v) is 4.09. The lowest BCUT2D eigenvalue weighted by Gasteiger charge is -2.29. The first-order valence-electron chi connectivity index (χ1n) is 5.91. The average molecular weight is 277 g/mol. The van der Waals surface area contributed by atoms with Gasteiger partial charge in [0.2, 0.25) is 0 Å². The molecule has 0 amide bonds. The van der Waals surface area contributed by atoms with Crippen molar-refractivity contribution in [2.24, 2.45) is 0 Å². The summed E-state index contributed by atoms with van der Waals surface area (Å²) in [6.45, 7) is 0. The topological polar surface area (TPSA) is 42.4 Å². The van der Waals surface area contributed by atoms with Crippen molar-refractivity contribution in [1.29, 1.82) is 0 Å². The quantitative estimate of drug-likeness (QED) is 0.916. The highest BCUT2D eigenvalue weighted by atomic mass is 32.2. The van der Waals surface area contributed by atoms with Gasteiger partial charge in [-0.05, 0) is 18.2 Å². The normalized spacial score (nSPS) is 19.4. The van der Waals surface area contributed by atoms with E-state index < -0.39 is 18.0 Å². The molecule has 1 aliphatic rings. The molecule has 5 heteroatoms. The Labute approximate surface area is 114 Å². The summed E-state index contributed by atoms with van der Waals surface area (Å²) in [4.78, 5) is 4.81. The maximum Gasteiger partial charge on any atom is 0.141 e. The Balaban J connectivity index is 1.81. The molecule has 0 radical (unpaired) electrons. The van der Waals surface area contributed by atoms with Gasteiger partial charge in [-0.3, -0.25) is 4.98 Å². The highest BCUT2D eigenvalue weighted by molar-refractivity contribution is 7.99. The number of halogens is 1. The summed E-state index contributed by atoms with van der Waals surface area (Å²) in [6, 6.07) is 8.96. The van der Waals surface area contributed by atoms with Crippen molar-refractivity contribution >= 4 is 11.8 Å². The molecule has 0 saturated carbocycles. The van der Waals surface area contributed by atoms with Crippen molar-refractivity contribution in [3.8, 4) is 5.75 Å². The first kappa shape index (κ1) is 12.4. The van der Waals surface area contributed by atoms with Gasteiger partial charge in [0.05, 0.1) is 6.20 Å². The molecule has 0 saturated heterocycles. The summed E-state index contributed by atoms with van der Waals surface area (Å²) in [5, 5.41) is 10.3. The molecule has 3 rings (SSSR count). The van der Waals surface area contributed by atoms with Gasteiger partial charge in [-0.2, -0.15) is 0 Å². The number of rotatable bonds is 2. The second-order valence-corrected chi connectivity index (χ2v) is 5.36. The number of aliphatic hydroxyl groups is 1. The molecule has 3 nitrogen and oxygen atoms in total. The smallest absolute Gasteiger partial charge is 0.141 e. The maximum absolute atomic E-state index is 13.1. The SMILES string of the molecule is OC(c1cncc(F)c1)C1CSc2ccccc2O1. The van der Waals surface area contributed by atoms with Gasteiger partial charge in [0.1, 0.15) is 23.8 Å². The lowest BCUT2D eigenvalue weighted by Crippen LogP contribution is -2.30. The molecule has 0 fully saturated rings. The Morgan fingerprint density at radius 3 is 3.05 bits per heavy atom. The third kappa shape index (κ3) is 2.57. The number of benzene rings is 1. The molecule has 1 aliphatic heterocycles. The molecule has 19 heavy (non-hydrogen) atoms. The summed E-state index contributed by atoms with van der Waals surface area (Å²) in [5.41, 5.74) is 0.435. The van der Waals surface area contributed by atoms with E-state index in [-0.39, 0.29) is 0 Å². The van der Waals surface area contributed by atoms with Crippen molar-refractivity contribution in [3.05, 3.63) is 54.1 Å². The maximum atomic E-state index is 13.1. The fourth-order valence-corrected chi connectivity index (χ4v) is 3.02. The second kappa shape index (κ2) is 5.19. The van der Waals surface area contributed by atoms with Gasteiger partial charge >= 0.3 is 0 Å². The number of nitrogens with zero attached hydrogens (tertiary/aromatic N) is 1. The van der Waals surface area contributed by atoms with Crippen LogP contribution in [0.1, 0.15) is 11.7 Å². The van der Waals surface area contributed by atoms with Crippen LogP contribution in [0.2, 0.25) is 0 Å². The molecule has 2 heterocycles. The molecule has 1 aromatic carbocycles. The molecule has 0 aliphatic carbocycles. The van der Waals surface area contributed by atoms with Crippen LogP contribution < -0.4 is 4.74 Å². The lowest BCUT2D eigenvalue weighted by molar-refractivity contribution is 0.0453. The van der Waals surface area contributed by atoms with Gasteiger partial charge in [-0.15, -0.1) is 11.8 Å². The minimum absolute atomic E-state index is 0.400. The molecule has 0 bridgehead atoms. The highest BCUT2D eigenvalue weighted by Crippen LogP contribution is 2.38. The number of hydrogen-bond donors (Lipinski definition) is 1. The summed E-state index contributed by atoms with van der Waals surface area (Å²) >= 11 is 1.62. The number of thioether (sulfide) groups is 1. The number of fused-ring (bicyclic) bond motifs is 1. The van der Waals surface area contributed by atoms with E-state index in [0.717, 1.165) is 16.8 Å². The lowest BCUT2D eigenvalue weighted by atomic mass is 10.1. The predicted molar refractivity (Wildman–Crippen MR) is 70.7 cm³/mol. The van der Waals surface area contributed by atoms with Gasteiger partial charge in [-0.1, -0.05) is 12.1 Å². The first-order valence-corrected chi connectivity index (χ1v) is 6.89. The van der Waals surface area contributed by atoms with Gasteiger partial charge in [-0.25, -0.2) is 4.39 Å². The predicted octanol–water partition coefficient (Wildman–Crippen LogP) is 2.81. The molecule has 1 aromatic heterocycles. The zero-order valence-electron chi connectivity index (χ0n) is 9.99. The van der Waals surface area contributed by atoms with Crippen LogP contribution in [0.3, 0.4) is 0 Å². The van der Waals surface area contributed by atoms with Crippen LogP contribution in [0.25, 0.3) is 0 Å². The molecule has 0 spiro atoms. The number of para-hydroxylation sites is 1. The molecule has 2 atom stereocenters. The van der Waals surface area contributed by atoms with Crippen LogP contribution in [-0.2, 0) is 0 Å². The third-order valence-electron chi connectivity index (χ3n) is 2.95. The van der Waals surface area contributed by atoms with Crippen molar-refractivity contribution in [3.63, 3.8) is 0 Å². The van der Waals surface area contributed by atoms with Crippen LogP contribution in [0.15, 0.2) is 47.6 Å². The van der Waals surface area contributed by atoms with Gasteiger partial charge in [0.15, 0.2) is 0 Å². The number of pyridine rings is 1. The van der Waals surface area contributed by atoms with Crippen LogP contribution in [-0.4, -0.2) is 21.9 Å². The van der Waals surface area contributed by atoms with E-state index in [1.54, 1.807) is 11.8 Å². The number of aliphatic hydroxyl groups excluding tert-OH is 1. The fraction of sp³-hybridized carbons (Fsp3) is 0.214. The first-order chi connectivity index (χ1) is 9.24. The summed E-state index contributed by atoms with van der Waals surface area (Å²) in [5.74, 6) is 0.918. The van der Waals surface area contributed by atoms with Crippen molar-refractivity contribution in [2.75, 3.05) is 5.75 Å². The average Bonchev–Trinajstić information content (AvgIpc) is 2.46. The monoisotopic (exact) mass is 277 g/mol. The van der Waals surface area contributed by atoms with Crippen LogP contribution in [0, 0.1) is 5.82 Å². The Kier molecular flexibility index (Phi) is 3.40. The summed E-state index contributed by atoms with van der Waals surface area (Å²) in [6.07, 6.45) is 1.29. The summed E-state index contributed by atoms with van der Waals surface area (Å²) < 4.78 is 18.9. The summed E-state index contributed by atoms with van der Waals surface area (Å²) in [7, 11) is 0. The van der Waals surface area contributed by atoms with E-state index in [1.807, 2.05) is 24.3 Å². The zero-order chi connectivity index (χ0) is 13.2. The highest BCUT2D eigenvalue weighted by Gasteiger charge is 2.28. The Hall–Kier alpha value is -1.59. The number of hydrogen-bond acceptors (Lipinski definition) is 4. The Bertz CT molecular complexity index is 593. The Morgan fingerprint density at radius 1 is 1.37 bits per heavy atom. The largest absolute Gasteiger partial charge is 0.485 e. The van der Waals surface area contributed by atoms with Crippen LogP contribution in [0.5, 0.6) is 5.75 Å². The van der Waals surface area contributed by atoms with E-state index in [0.29, 0.717) is 11.3 Å². The fourth-order valence-electron chi connectivity index (χ4n) is 2.00. The minimum atomic E-state index is -0.885. The minimum Gasteiger partial charge on any atom is -0.485 e. The van der Waals surface area contributed by atoms with E-state index >= 15 is 0 Å². The van der Waals surface area contributed by atoms with Crippen molar-refractivity contribution < 1.29 is 14.2 Å². The molecule has 98 valence electrons.